The van der Waals surface area contributed by atoms with Crippen molar-refractivity contribution in [2.75, 3.05) is 19.8 Å². The smallest absolute Gasteiger partial charge is 0.344 e. The first-order chi connectivity index (χ1) is 19.9. The zero-order valence-corrected chi connectivity index (χ0v) is 24.4. The Morgan fingerprint density at radius 1 is 1.22 bits per heavy atom. The minimum absolute atomic E-state index is 0.0511. The molecule has 2 N–H and O–H groups in total. The van der Waals surface area contributed by atoms with Crippen LogP contribution in [0.2, 0.25) is 0 Å². The Morgan fingerprint density at radius 3 is 2.73 bits per heavy atom. The number of nitrogens with zero attached hydrogens (tertiary/aromatic N) is 2. The molecule has 2 aliphatic rings. The summed E-state index contributed by atoms with van der Waals surface area (Å²) in [4.78, 5) is 30.9. The fraction of sp³-hybridized carbons (Fsp3) is 0.344. The van der Waals surface area contributed by atoms with Gasteiger partial charge in [-0.15, -0.1) is 0 Å². The molecule has 0 unspecified atom stereocenters. The largest absolute Gasteiger partial charge is 0.506 e. The van der Waals surface area contributed by atoms with Crippen molar-refractivity contribution in [3.05, 3.63) is 81.6 Å². The lowest BCUT2D eigenvalue weighted by atomic mass is 10.1. The molecule has 1 saturated heterocycles. The van der Waals surface area contributed by atoms with Crippen LogP contribution in [-0.2, 0) is 32.0 Å². The molecular weight excluding hydrogens is 538 g/mol. The number of benzene rings is 2. The van der Waals surface area contributed by atoms with E-state index >= 15 is 0 Å². The number of aliphatic hydroxyl groups is 1. The van der Waals surface area contributed by atoms with Crippen LogP contribution in [0.25, 0.3) is 17.0 Å². The Labute approximate surface area is 244 Å². The van der Waals surface area contributed by atoms with Gasteiger partial charge in [0.1, 0.15) is 22.9 Å². The third kappa shape index (κ3) is 6.41. The second-order valence-corrected chi connectivity index (χ2v) is 11.2. The number of para-hydroxylation sites is 1. The number of hydrogen-bond acceptors (Lipinski definition) is 7. The monoisotopic (exact) mass is 573 g/mol. The van der Waals surface area contributed by atoms with Gasteiger partial charge in [0, 0.05) is 30.3 Å². The molecule has 2 aliphatic heterocycles. The fourth-order valence-electron chi connectivity index (χ4n) is 5.10. The van der Waals surface area contributed by atoms with Crippen LogP contribution in [0.5, 0.6) is 0 Å². The topological polar surface area (TPSA) is 102 Å². The number of amides is 1. The van der Waals surface area contributed by atoms with Crippen LogP contribution in [0.15, 0.2) is 69.9 Å². The summed E-state index contributed by atoms with van der Waals surface area (Å²) >= 11 is 1.22. The summed E-state index contributed by atoms with van der Waals surface area (Å²) in [5.41, 5.74) is 4.74. The van der Waals surface area contributed by atoms with E-state index in [9.17, 15) is 14.7 Å². The molecule has 1 fully saturated rings. The van der Waals surface area contributed by atoms with Crippen molar-refractivity contribution in [2.24, 2.45) is 4.99 Å². The first-order valence-corrected chi connectivity index (χ1v) is 14.8. The Balaban J connectivity index is 1.50. The van der Waals surface area contributed by atoms with E-state index in [2.05, 4.69) is 23.3 Å². The first kappa shape index (κ1) is 28.7. The number of carbonyl (C=O) groups is 2. The van der Waals surface area contributed by atoms with Gasteiger partial charge in [-0.2, -0.15) is 0 Å². The number of fused-ring (bicyclic) bond motifs is 1. The lowest BCUT2D eigenvalue weighted by Crippen LogP contribution is -2.34. The fourth-order valence-corrected chi connectivity index (χ4v) is 6.13. The number of rotatable bonds is 9. The van der Waals surface area contributed by atoms with Crippen LogP contribution in [0, 0.1) is 6.92 Å². The average Bonchev–Trinajstić information content (AvgIpc) is 3.68. The number of aromatic nitrogens is 1. The molecule has 0 spiro atoms. The van der Waals surface area contributed by atoms with Crippen molar-refractivity contribution in [1.82, 2.24) is 9.88 Å². The van der Waals surface area contributed by atoms with Gasteiger partial charge in [0.05, 0.1) is 28.8 Å². The number of ether oxygens (including phenoxy) is 2. The molecule has 1 atom stereocenters. The first-order valence-electron chi connectivity index (χ1n) is 14.0. The number of aryl methyl sites for hydroxylation is 2. The van der Waals surface area contributed by atoms with Crippen molar-refractivity contribution in [3.63, 3.8) is 0 Å². The molecule has 1 aromatic heterocycles. The molecule has 0 aliphatic carbocycles. The Morgan fingerprint density at radius 2 is 2.02 bits per heavy atom. The van der Waals surface area contributed by atoms with E-state index in [0.29, 0.717) is 22.2 Å². The van der Waals surface area contributed by atoms with Crippen molar-refractivity contribution < 1.29 is 24.2 Å². The Hall–Kier alpha value is -3.82. The van der Waals surface area contributed by atoms with E-state index in [4.69, 9.17) is 9.47 Å². The predicted molar refractivity (Wildman–Crippen MR) is 163 cm³/mol. The summed E-state index contributed by atoms with van der Waals surface area (Å²) in [5.74, 6) is -0.871. The lowest BCUT2D eigenvalue weighted by molar-refractivity contribution is -0.138. The van der Waals surface area contributed by atoms with Gasteiger partial charge >= 0.3 is 5.97 Å². The second-order valence-electron chi connectivity index (χ2n) is 10.1. The third-order valence-corrected chi connectivity index (χ3v) is 8.20. The molecule has 8 nitrogen and oxygen atoms in total. The van der Waals surface area contributed by atoms with E-state index < -0.39 is 5.97 Å². The molecule has 2 aromatic carbocycles. The van der Waals surface area contributed by atoms with Crippen LogP contribution in [0.4, 0.5) is 5.69 Å². The number of esters is 1. The van der Waals surface area contributed by atoms with Crippen LogP contribution >= 0.6 is 11.8 Å². The highest BCUT2D eigenvalue weighted by atomic mass is 32.2. The molecule has 0 saturated carbocycles. The highest BCUT2D eigenvalue weighted by molar-refractivity contribution is 8.18. The minimum atomic E-state index is -0.620. The standard InChI is InChI=1S/C32H35N3O5S/c1-4-21-8-6-10-25-22(18-35(29(21)25)19-27(36)33-17-24-9-7-15-40-24)16-26-30(37)28(32(38)39-5-2)31(41-26)34-23-13-11-20(3)12-14-23/h6,8,10-14,16,18,24,37H,4-5,7,9,15,17,19H2,1-3H3,(H,33,36)/b26-16-,34-31?/t24-/m0/s1. The van der Waals surface area contributed by atoms with E-state index in [0.717, 1.165) is 53.5 Å². The summed E-state index contributed by atoms with van der Waals surface area (Å²) < 4.78 is 12.9. The van der Waals surface area contributed by atoms with Gasteiger partial charge in [-0.05, 0) is 56.9 Å². The molecule has 214 valence electrons. The SMILES string of the molecule is CCOC(=O)C1=C(O)/C(=C/c2cn(CC(=O)NC[C@@H]3CCCO3)c3c(CC)cccc23)SC1=Nc1ccc(C)cc1. The van der Waals surface area contributed by atoms with Crippen molar-refractivity contribution >= 4 is 51.3 Å². The Bertz CT molecular complexity index is 1550. The summed E-state index contributed by atoms with van der Waals surface area (Å²) in [6, 6.07) is 13.7. The van der Waals surface area contributed by atoms with E-state index in [-0.39, 0.29) is 36.5 Å². The van der Waals surface area contributed by atoms with Crippen LogP contribution in [0.1, 0.15) is 43.4 Å². The number of carbonyl (C=O) groups excluding carboxylic acids is 2. The van der Waals surface area contributed by atoms with Gasteiger partial charge in [-0.1, -0.05) is 54.6 Å². The number of nitrogens with one attached hydrogen (secondary N) is 1. The number of aliphatic hydroxyl groups excluding tert-OH is 1. The van der Waals surface area contributed by atoms with Gasteiger partial charge in [0.25, 0.3) is 0 Å². The van der Waals surface area contributed by atoms with Gasteiger partial charge in [-0.3, -0.25) is 4.79 Å². The zero-order chi connectivity index (χ0) is 28.9. The average molecular weight is 574 g/mol. The van der Waals surface area contributed by atoms with Crippen LogP contribution in [-0.4, -0.2) is 52.5 Å². The van der Waals surface area contributed by atoms with E-state index in [1.807, 2.05) is 60.2 Å². The maximum absolute atomic E-state index is 12.9. The highest BCUT2D eigenvalue weighted by Gasteiger charge is 2.33. The molecule has 1 amide bonds. The maximum Gasteiger partial charge on any atom is 0.344 e. The Kier molecular flexibility index (Phi) is 8.95. The second kappa shape index (κ2) is 12.8. The zero-order valence-electron chi connectivity index (χ0n) is 23.6. The molecule has 5 rings (SSSR count). The van der Waals surface area contributed by atoms with Crippen LogP contribution in [0.3, 0.4) is 0 Å². The van der Waals surface area contributed by atoms with Gasteiger partial charge in [0.15, 0.2) is 0 Å². The van der Waals surface area contributed by atoms with Crippen molar-refractivity contribution in [1.29, 1.82) is 0 Å². The molecule has 41 heavy (non-hydrogen) atoms. The lowest BCUT2D eigenvalue weighted by Gasteiger charge is -2.12. The molecule has 0 bridgehead atoms. The van der Waals surface area contributed by atoms with E-state index in [1.54, 1.807) is 6.92 Å². The summed E-state index contributed by atoms with van der Waals surface area (Å²) in [7, 11) is 0. The molecule has 0 radical (unpaired) electrons. The van der Waals surface area contributed by atoms with E-state index in [1.165, 1.54) is 11.8 Å². The van der Waals surface area contributed by atoms with Crippen molar-refractivity contribution in [2.45, 2.75) is 52.7 Å². The summed E-state index contributed by atoms with van der Waals surface area (Å²) in [5, 5.41) is 15.6. The quantitative estimate of drug-likeness (QED) is 0.305. The molecule has 3 aromatic rings. The third-order valence-electron chi connectivity index (χ3n) is 7.18. The predicted octanol–water partition coefficient (Wildman–Crippen LogP) is 6.00. The molecule has 9 heteroatoms. The molecular formula is C32H35N3O5S. The maximum atomic E-state index is 12.9. The van der Waals surface area contributed by atoms with Gasteiger partial charge < -0.3 is 24.5 Å². The normalized spacial score (nSPS) is 19.0. The number of thioether (sulfide) groups is 1. The molecule has 3 heterocycles. The summed E-state index contributed by atoms with van der Waals surface area (Å²) in [6.07, 6.45) is 6.63. The van der Waals surface area contributed by atoms with Gasteiger partial charge in [0.2, 0.25) is 5.91 Å². The van der Waals surface area contributed by atoms with Crippen molar-refractivity contribution in [3.8, 4) is 0 Å². The summed E-state index contributed by atoms with van der Waals surface area (Å²) in [6.45, 7) is 7.39. The number of aliphatic imine (C=N–C) groups is 1. The minimum Gasteiger partial charge on any atom is -0.506 e. The highest BCUT2D eigenvalue weighted by Crippen LogP contribution is 2.41. The number of hydrogen-bond donors (Lipinski definition) is 2. The van der Waals surface area contributed by atoms with Crippen LogP contribution < -0.4 is 5.32 Å². The van der Waals surface area contributed by atoms with Gasteiger partial charge in [-0.25, -0.2) is 9.79 Å².